The second-order valence-electron chi connectivity index (χ2n) is 7.96. The van der Waals surface area contributed by atoms with E-state index in [1.807, 2.05) is 18.7 Å². The van der Waals surface area contributed by atoms with Crippen LogP contribution in [0.1, 0.15) is 38.4 Å². The summed E-state index contributed by atoms with van der Waals surface area (Å²) in [5.74, 6) is 0.524. The molecular formula is C22H35FIN5O2. The lowest BCUT2D eigenvalue weighted by Gasteiger charge is -2.39. The van der Waals surface area contributed by atoms with E-state index in [2.05, 4.69) is 20.1 Å². The third-order valence-electron chi connectivity index (χ3n) is 5.95. The van der Waals surface area contributed by atoms with E-state index in [0.717, 1.165) is 52.1 Å². The lowest BCUT2D eigenvalue weighted by molar-refractivity contribution is -0.135. The van der Waals surface area contributed by atoms with Gasteiger partial charge in [-0.05, 0) is 32.8 Å². The highest BCUT2D eigenvalue weighted by atomic mass is 127. The fraction of sp³-hybridized carbons (Fsp3) is 0.636. The molecule has 2 aliphatic heterocycles. The molecule has 2 N–H and O–H groups in total. The molecule has 1 amide bonds. The number of benzene rings is 1. The first kappa shape index (κ1) is 25.8. The van der Waals surface area contributed by atoms with E-state index in [9.17, 15) is 14.3 Å². The van der Waals surface area contributed by atoms with E-state index in [1.54, 1.807) is 18.2 Å². The molecule has 1 aromatic rings. The van der Waals surface area contributed by atoms with Crippen molar-refractivity contribution in [3.8, 4) is 0 Å². The van der Waals surface area contributed by atoms with Crippen LogP contribution in [0.25, 0.3) is 0 Å². The van der Waals surface area contributed by atoms with Crippen molar-refractivity contribution in [2.45, 2.75) is 38.8 Å². The van der Waals surface area contributed by atoms with Crippen molar-refractivity contribution < 1.29 is 14.3 Å². The molecule has 0 aromatic heterocycles. The lowest BCUT2D eigenvalue weighted by Crippen LogP contribution is -2.57. The Morgan fingerprint density at radius 2 is 1.77 bits per heavy atom. The number of likely N-dealkylation sites (tertiary alicyclic amines) is 1. The molecule has 9 heteroatoms. The number of hydrogen-bond donors (Lipinski definition) is 2. The summed E-state index contributed by atoms with van der Waals surface area (Å²) >= 11 is 0. The Balaban J connectivity index is 0.00000341. The number of nitrogens with zero attached hydrogens (tertiary/aromatic N) is 4. The number of amides is 1. The maximum Gasteiger partial charge on any atom is 0.239 e. The summed E-state index contributed by atoms with van der Waals surface area (Å²) < 4.78 is 13.9. The number of carbonyl (C=O) groups excluding carboxylic acids is 1. The van der Waals surface area contributed by atoms with Gasteiger partial charge in [-0.15, -0.1) is 24.0 Å². The SMILES string of the molecule is CCNC(=NCC(O)c1ccccc1F)N1CCN(C(C)C(=O)N2CCCC2)CC1.I. The van der Waals surface area contributed by atoms with E-state index >= 15 is 0 Å². The molecule has 0 aliphatic carbocycles. The molecule has 0 radical (unpaired) electrons. The topological polar surface area (TPSA) is 71.4 Å². The van der Waals surface area contributed by atoms with Crippen molar-refractivity contribution in [3.63, 3.8) is 0 Å². The molecule has 2 aliphatic rings. The van der Waals surface area contributed by atoms with E-state index in [1.165, 1.54) is 6.07 Å². The van der Waals surface area contributed by atoms with Gasteiger partial charge in [-0.3, -0.25) is 14.7 Å². The van der Waals surface area contributed by atoms with Gasteiger partial charge in [0.1, 0.15) is 11.9 Å². The zero-order valence-electron chi connectivity index (χ0n) is 18.5. The van der Waals surface area contributed by atoms with E-state index in [0.29, 0.717) is 12.5 Å². The number of aliphatic hydroxyl groups is 1. The maximum absolute atomic E-state index is 13.9. The van der Waals surface area contributed by atoms with Gasteiger partial charge in [0.2, 0.25) is 5.91 Å². The number of rotatable bonds is 6. The summed E-state index contributed by atoms with van der Waals surface area (Å²) in [7, 11) is 0. The lowest BCUT2D eigenvalue weighted by atomic mass is 10.1. The maximum atomic E-state index is 13.9. The molecule has 1 aromatic carbocycles. The zero-order chi connectivity index (χ0) is 21.5. The van der Waals surface area contributed by atoms with Gasteiger partial charge in [-0.2, -0.15) is 0 Å². The number of hydrogen-bond acceptors (Lipinski definition) is 4. The Labute approximate surface area is 201 Å². The van der Waals surface area contributed by atoms with Crippen LogP contribution < -0.4 is 5.32 Å². The summed E-state index contributed by atoms with van der Waals surface area (Å²) in [6.45, 7) is 9.61. The second-order valence-corrected chi connectivity index (χ2v) is 7.96. The molecule has 2 atom stereocenters. The molecule has 0 saturated carbocycles. The van der Waals surface area contributed by atoms with Gasteiger partial charge < -0.3 is 20.2 Å². The van der Waals surface area contributed by atoms with E-state index in [4.69, 9.17) is 0 Å². The van der Waals surface area contributed by atoms with Crippen LogP contribution in [-0.4, -0.2) is 90.1 Å². The predicted octanol–water partition coefficient (Wildman–Crippen LogP) is 2.07. The summed E-state index contributed by atoms with van der Waals surface area (Å²) in [4.78, 5) is 23.6. The Morgan fingerprint density at radius 3 is 2.39 bits per heavy atom. The van der Waals surface area contributed by atoms with E-state index in [-0.39, 0.29) is 48.0 Å². The average Bonchev–Trinajstić information content (AvgIpc) is 3.31. The fourth-order valence-electron chi connectivity index (χ4n) is 4.12. The number of piperazine rings is 1. The predicted molar refractivity (Wildman–Crippen MR) is 131 cm³/mol. The number of aliphatic imine (C=N–C) groups is 1. The minimum atomic E-state index is -0.987. The molecule has 31 heavy (non-hydrogen) atoms. The Hall–Kier alpha value is -1.46. The van der Waals surface area contributed by atoms with Gasteiger partial charge in [0, 0.05) is 51.4 Å². The van der Waals surface area contributed by atoms with Crippen molar-refractivity contribution in [1.29, 1.82) is 0 Å². The van der Waals surface area contributed by atoms with Crippen molar-refractivity contribution in [2.75, 3.05) is 52.4 Å². The average molecular weight is 547 g/mol. The Bertz CT molecular complexity index is 736. The van der Waals surface area contributed by atoms with Gasteiger partial charge in [0.25, 0.3) is 0 Å². The Kier molecular flexibility index (Phi) is 10.4. The summed E-state index contributed by atoms with van der Waals surface area (Å²) in [6.07, 6.45) is 1.22. The van der Waals surface area contributed by atoms with Crippen LogP contribution in [0.5, 0.6) is 0 Å². The van der Waals surface area contributed by atoms with Crippen molar-refractivity contribution in [1.82, 2.24) is 20.0 Å². The summed E-state index contributed by atoms with van der Waals surface area (Å²) in [5, 5.41) is 13.6. The van der Waals surface area contributed by atoms with Crippen LogP contribution >= 0.6 is 24.0 Å². The molecule has 174 valence electrons. The Morgan fingerprint density at radius 1 is 1.13 bits per heavy atom. The smallest absolute Gasteiger partial charge is 0.239 e. The minimum Gasteiger partial charge on any atom is -0.386 e. The van der Waals surface area contributed by atoms with Gasteiger partial charge in [0.05, 0.1) is 12.6 Å². The third-order valence-corrected chi connectivity index (χ3v) is 5.95. The first-order chi connectivity index (χ1) is 14.5. The van der Waals surface area contributed by atoms with Crippen molar-refractivity contribution in [2.24, 2.45) is 4.99 Å². The van der Waals surface area contributed by atoms with Crippen LogP contribution in [0.2, 0.25) is 0 Å². The number of halogens is 2. The van der Waals surface area contributed by atoms with Crippen molar-refractivity contribution >= 4 is 35.8 Å². The largest absolute Gasteiger partial charge is 0.386 e. The van der Waals surface area contributed by atoms with Crippen LogP contribution in [-0.2, 0) is 4.79 Å². The highest BCUT2D eigenvalue weighted by molar-refractivity contribution is 14.0. The molecule has 7 nitrogen and oxygen atoms in total. The quantitative estimate of drug-likeness (QED) is 0.324. The molecule has 2 unspecified atom stereocenters. The molecule has 0 spiro atoms. The first-order valence-corrected chi connectivity index (χ1v) is 11.0. The monoisotopic (exact) mass is 547 g/mol. The third kappa shape index (κ3) is 6.76. The molecule has 2 saturated heterocycles. The fourth-order valence-corrected chi connectivity index (χ4v) is 4.12. The summed E-state index contributed by atoms with van der Waals surface area (Å²) in [6, 6.07) is 6.14. The van der Waals surface area contributed by atoms with E-state index < -0.39 is 11.9 Å². The molecular weight excluding hydrogens is 512 g/mol. The number of nitrogens with one attached hydrogen (secondary N) is 1. The van der Waals surface area contributed by atoms with Crippen LogP contribution in [0.15, 0.2) is 29.3 Å². The van der Waals surface area contributed by atoms with Gasteiger partial charge in [0.15, 0.2) is 5.96 Å². The number of aliphatic hydroxyl groups excluding tert-OH is 1. The highest BCUT2D eigenvalue weighted by Crippen LogP contribution is 2.17. The first-order valence-electron chi connectivity index (χ1n) is 11.0. The van der Waals surface area contributed by atoms with Gasteiger partial charge in [-0.1, -0.05) is 18.2 Å². The van der Waals surface area contributed by atoms with Crippen molar-refractivity contribution in [3.05, 3.63) is 35.6 Å². The van der Waals surface area contributed by atoms with Crippen LogP contribution in [0.3, 0.4) is 0 Å². The van der Waals surface area contributed by atoms with Gasteiger partial charge >= 0.3 is 0 Å². The summed E-state index contributed by atoms with van der Waals surface area (Å²) in [5.41, 5.74) is 0.260. The normalized spacial score (nSPS) is 19.7. The molecule has 2 fully saturated rings. The van der Waals surface area contributed by atoms with Gasteiger partial charge in [-0.25, -0.2) is 4.39 Å². The number of guanidine groups is 1. The molecule has 2 heterocycles. The minimum absolute atomic E-state index is 0. The highest BCUT2D eigenvalue weighted by Gasteiger charge is 2.30. The van der Waals surface area contributed by atoms with Crippen LogP contribution in [0, 0.1) is 5.82 Å². The van der Waals surface area contributed by atoms with Crippen LogP contribution in [0.4, 0.5) is 4.39 Å². The second kappa shape index (κ2) is 12.5. The molecule has 3 rings (SSSR count). The standard InChI is InChI=1S/C22H34FN5O2.HI/c1-3-24-22(25-16-20(29)18-8-4-5-9-19(18)23)28-14-12-26(13-15-28)17(2)21(30)27-10-6-7-11-27;/h4-5,8-9,17,20,29H,3,6-7,10-16H2,1-2H3,(H,24,25);1H. The number of carbonyl (C=O) groups is 1. The molecule has 0 bridgehead atoms. The zero-order valence-corrected chi connectivity index (χ0v) is 20.8.